The molecule has 2 N–H and O–H groups in total. The lowest BCUT2D eigenvalue weighted by atomic mass is 10.2. The highest BCUT2D eigenvalue weighted by atomic mass is 15.2. The first-order valence-corrected chi connectivity index (χ1v) is 6.82. The Labute approximate surface area is 114 Å². The van der Waals surface area contributed by atoms with Crippen molar-refractivity contribution in [3.8, 4) is 0 Å². The molecule has 0 aliphatic rings. The van der Waals surface area contributed by atoms with E-state index in [-0.39, 0.29) is 0 Å². The van der Waals surface area contributed by atoms with Crippen molar-refractivity contribution >= 4 is 17.1 Å². The fourth-order valence-corrected chi connectivity index (χ4v) is 2.12. The number of nitrogens with zero attached hydrogens (tertiary/aromatic N) is 4. The van der Waals surface area contributed by atoms with Crippen LogP contribution in [0.3, 0.4) is 0 Å². The smallest absolute Gasteiger partial charge is 0.202 e. The number of anilines is 1. The lowest BCUT2D eigenvalue weighted by molar-refractivity contribution is 0.244. The van der Waals surface area contributed by atoms with Crippen LogP contribution in [0.15, 0.2) is 12.1 Å². The second-order valence-electron chi connectivity index (χ2n) is 5.15. The van der Waals surface area contributed by atoms with Crippen molar-refractivity contribution in [1.29, 1.82) is 0 Å². The Morgan fingerprint density at radius 3 is 2.79 bits per heavy atom. The highest BCUT2D eigenvalue weighted by Crippen LogP contribution is 2.16. The number of pyridine rings is 1. The molecule has 0 saturated heterocycles. The molecule has 0 aliphatic heterocycles. The van der Waals surface area contributed by atoms with Crippen LogP contribution >= 0.6 is 0 Å². The summed E-state index contributed by atoms with van der Waals surface area (Å²) in [4.78, 5) is 11.2. The molecule has 1 atom stereocenters. The quantitative estimate of drug-likeness (QED) is 0.895. The summed E-state index contributed by atoms with van der Waals surface area (Å²) < 4.78 is 2.00. The van der Waals surface area contributed by atoms with E-state index in [1.807, 2.05) is 23.6 Å². The monoisotopic (exact) mass is 261 g/mol. The fourth-order valence-electron chi connectivity index (χ4n) is 2.12. The van der Waals surface area contributed by atoms with Gasteiger partial charge in [-0.05, 0) is 39.4 Å². The molecule has 0 radical (unpaired) electrons. The number of rotatable bonds is 5. The molecule has 19 heavy (non-hydrogen) atoms. The molecule has 0 amide bonds. The third-order valence-electron chi connectivity index (χ3n) is 3.78. The number of imidazole rings is 1. The van der Waals surface area contributed by atoms with Gasteiger partial charge in [-0.25, -0.2) is 9.97 Å². The summed E-state index contributed by atoms with van der Waals surface area (Å²) in [5, 5.41) is 0. The number of hydrogen-bond donors (Lipinski definition) is 1. The van der Waals surface area contributed by atoms with Crippen LogP contribution in [0.2, 0.25) is 0 Å². The van der Waals surface area contributed by atoms with Gasteiger partial charge in [0.25, 0.3) is 0 Å². The number of likely N-dealkylation sites (N-methyl/N-ethyl adjacent to an activating group) is 1. The van der Waals surface area contributed by atoms with Crippen LogP contribution in [-0.4, -0.2) is 39.1 Å². The fraction of sp³-hybridized carbons (Fsp3) is 0.571. The molecule has 0 spiro atoms. The first-order valence-electron chi connectivity index (χ1n) is 6.82. The summed E-state index contributed by atoms with van der Waals surface area (Å²) in [7, 11) is 2.14. The first kappa shape index (κ1) is 13.8. The third-order valence-corrected chi connectivity index (χ3v) is 3.78. The van der Waals surface area contributed by atoms with Gasteiger partial charge in [0.05, 0.1) is 0 Å². The largest absolute Gasteiger partial charge is 0.369 e. The van der Waals surface area contributed by atoms with Gasteiger partial charge in [-0.1, -0.05) is 6.92 Å². The molecular formula is C14H23N5. The average Bonchev–Trinajstić information content (AvgIpc) is 2.70. The predicted molar refractivity (Wildman–Crippen MR) is 79.1 cm³/mol. The molecule has 104 valence electrons. The van der Waals surface area contributed by atoms with Gasteiger partial charge in [0.15, 0.2) is 5.65 Å². The topological polar surface area (TPSA) is 60.0 Å². The van der Waals surface area contributed by atoms with Gasteiger partial charge in [0.2, 0.25) is 5.95 Å². The zero-order valence-electron chi connectivity index (χ0n) is 12.2. The van der Waals surface area contributed by atoms with E-state index in [0.29, 0.717) is 12.0 Å². The highest BCUT2D eigenvalue weighted by Gasteiger charge is 2.12. The Bertz CT molecular complexity index is 560. The molecule has 0 aliphatic carbocycles. The SMILES string of the molecule is CCC(C)N(C)CCn1c(N)nc2ccc(C)nc21. The molecule has 2 rings (SSSR count). The van der Waals surface area contributed by atoms with Gasteiger partial charge >= 0.3 is 0 Å². The van der Waals surface area contributed by atoms with Crippen LogP contribution in [0, 0.1) is 6.92 Å². The summed E-state index contributed by atoms with van der Waals surface area (Å²) in [6.07, 6.45) is 1.15. The predicted octanol–water partition coefficient (Wildman–Crippen LogP) is 2.05. The zero-order chi connectivity index (χ0) is 14.0. The molecule has 0 aromatic carbocycles. The maximum atomic E-state index is 5.99. The number of nitrogens with two attached hydrogens (primary N) is 1. The van der Waals surface area contributed by atoms with Gasteiger partial charge in [-0.2, -0.15) is 0 Å². The minimum absolute atomic E-state index is 0.547. The summed E-state index contributed by atoms with van der Waals surface area (Å²) in [5.41, 5.74) is 8.74. The van der Waals surface area contributed by atoms with Gasteiger partial charge in [-0.3, -0.25) is 4.57 Å². The van der Waals surface area contributed by atoms with Crippen LogP contribution in [0.1, 0.15) is 26.0 Å². The van der Waals surface area contributed by atoms with Crippen LogP contribution in [0.5, 0.6) is 0 Å². The Morgan fingerprint density at radius 2 is 2.11 bits per heavy atom. The molecule has 5 nitrogen and oxygen atoms in total. The molecule has 0 saturated carbocycles. The van der Waals surface area contributed by atoms with Crippen LogP contribution < -0.4 is 5.73 Å². The van der Waals surface area contributed by atoms with Crippen molar-refractivity contribution < 1.29 is 0 Å². The van der Waals surface area contributed by atoms with Crippen molar-refractivity contribution in [1.82, 2.24) is 19.4 Å². The van der Waals surface area contributed by atoms with Gasteiger partial charge in [-0.15, -0.1) is 0 Å². The van der Waals surface area contributed by atoms with Gasteiger partial charge in [0.1, 0.15) is 5.52 Å². The Balaban J connectivity index is 2.20. The van der Waals surface area contributed by atoms with Crippen molar-refractivity contribution in [2.45, 2.75) is 39.8 Å². The Hall–Kier alpha value is -1.62. The van der Waals surface area contributed by atoms with Gasteiger partial charge in [0, 0.05) is 24.8 Å². The van der Waals surface area contributed by atoms with Crippen molar-refractivity contribution in [2.24, 2.45) is 0 Å². The number of hydrogen-bond acceptors (Lipinski definition) is 4. The molecular weight excluding hydrogens is 238 g/mol. The van der Waals surface area contributed by atoms with E-state index < -0.39 is 0 Å². The Kier molecular flexibility index (Phi) is 4.04. The second kappa shape index (κ2) is 5.57. The summed E-state index contributed by atoms with van der Waals surface area (Å²) >= 11 is 0. The minimum atomic E-state index is 0.547. The molecule has 2 heterocycles. The van der Waals surface area contributed by atoms with Crippen LogP contribution in [0.4, 0.5) is 5.95 Å². The van der Waals surface area contributed by atoms with E-state index in [2.05, 4.69) is 35.8 Å². The van der Waals surface area contributed by atoms with E-state index in [9.17, 15) is 0 Å². The van der Waals surface area contributed by atoms with Crippen molar-refractivity contribution in [2.75, 3.05) is 19.3 Å². The van der Waals surface area contributed by atoms with E-state index >= 15 is 0 Å². The normalized spacial score (nSPS) is 13.3. The first-order chi connectivity index (χ1) is 9.02. The van der Waals surface area contributed by atoms with E-state index in [1.54, 1.807) is 0 Å². The lowest BCUT2D eigenvalue weighted by Gasteiger charge is -2.23. The van der Waals surface area contributed by atoms with E-state index in [4.69, 9.17) is 5.73 Å². The van der Waals surface area contributed by atoms with Crippen molar-refractivity contribution in [3.05, 3.63) is 17.8 Å². The summed E-state index contributed by atoms with van der Waals surface area (Å²) in [6, 6.07) is 4.51. The molecule has 5 heteroatoms. The standard InChI is InChI=1S/C14H23N5/c1-5-11(3)18(4)8-9-19-13-12(17-14(19)15)7-6-10(2)16-13/h6-7,11H,5,8-9H2,1-4H3,(H2,15,17). The maximum Gasteiger partial charge on any atom is 0.202 e. The highest BCUT2D eigenvalue weighted by molar-refractivity contribution is 5.74. The van der Waals surface area contributed by atoms with E-state index in [1.165, 1.54) is 0 Å². The van der Waals surface area contributed by atoms with Crippen molar-refractivity contribution in [3.63, 3.8) is 0 Å². The van der Waals surface area contributed by atoms with E-state index in [0.717, 1.165) is 36.4 Å². The molecule has 2 aromatic heterocycles. The number of nitrogen functional groups attached to an aromatic ring is 1. The zero-order valence-corrected chi connectivity index (χ0v) is 12.2. The second-order valence-corrected chi connectivity index (χ2v) is 5.15. The lowest BCUT2D eigenvalue weighted by Crippen LogP contribution is -2.31. The van der Waals surface area contributed by atoms with Crippen LogP contribution in [0.25, 0.3) is 11.2 Å². The number of aryl methyl sites for hydroxylation is 1. The molecule has 0 bridgehead atoms. The Morgan fingerprint density at radius 1 is 1.37 bits per heavy atom. The number of aromatic nitrogens is 3. The maximum absolute atomic E-state index is 5.99. The average molecular weight is 261 g/mol. The molecule has 2 aromatic rings. The molecule has 0 fully saturated rings. The summed E-state index contributed by atoms with van der Waals surface area (Å²) in [5.74, 6) is 0.547. The summed E-state index contributed by atoms with van der Waals surface area (Å²) in [6.45, 7) is 8.18. The van der Waals surface area contributed by atoms with Gasteiger partial charge < -0.3 is 10.6 Å². The third kappa shape index (κ3) is 2.87. The minimum Gasteiger partial charge on any atom is -0.369 e. The van der Waals surface area contributed by atoms with Crippen LogP contribution in [-0.2, 0) is 6.54 Å². The number of fused-ring (bicyclic) bond motifs is 1. The molecule has 1 unspecified atom stereocenters.